The molecule has 0 bridgehead atoms. The van der Waals surface area contributed by atoms with Crippen molar-refractivity contribution in [3.63, 3.8) is 0 Å². The average molecular weight is 475 g/mol. The van der Waals surface area contributed by atoms with Gasteiger partial charge in [-0.2, -0.15) is 4.98 Å². The molecule has 10 nitrogen and oxygen atoms in total. The first-order chi connectivity index (χ1) is 15.7. The van der Waals surface area contributed by atoms with E-state index in [1.807, 2.05) is 13.0 Å². The van der Waals surface area contributed by atoms with Gasteiger partial charge in [0.1, 0.15) is 22.4 Å². The molecule has 4 rings (SSSR count). The summed E-state index contributed by atoms with van der Waals surface area (Å²) in [7, 11) is 1.62. The van der Waals surface area contributed by atoms with Crippen molar-refractivity contribution >= 4 is 33.3 Å². The SMILES string of the molecule is COCCNc1nc(C)c(-c2nc3cnccc3s2)c(N[C@@H]2C[C@H](C(C)(C)O)[C@@H](O)[C@H]2O)n1. The first kappa shape index (κ1) is 23.7. The standard InChI is InChI=1S/C22H30N6O4S/c1-11-16(20-27-14-10-23-6-5-15(14)33-20)19(28-21(25-11)24-7-8-32-4)26-13-9-12(22(2,3)31)17(29)18(13)30/h5-6,10,12-13,17-18,29-31H,7-9H2,1-4H3,(H2,24,25,26,28)/t12-,13+,17+,18-/m0/s1. The van der Waals surface area contributed by atoms with Gasteiger partial charge in [-0.05, 0) is 33.3 Å². The lowest BCUT2D eigenvalue weighted by Gasteiger charge is -2.28. The molecule has 3 aromatic rings. The lowest BCUT2D eigenvalue weighted by atomic mass is 9.88. The van der Waals surface area contributed by atoms with Crippen LogP contribution >= 0.6 is 11.3 Å². The van der Waals surface area contributed by atoms with E-state index in [1.165, 1.54) is 11.3 Å². The highest BCUT2D eigenvalue weighted by Crippen LogP contribution is 2.39. The minimum atomic E-state index is -1.13. The van der Waals surface area contributed by atoms with E-state index >= 15 is 0 Å². The lowest BCUT2D eigenvalue weighted by molar-refractivity contribution is -0.0601. The number of aliphatic hydroxyl groups excluding tert-OH is 2. The molecule has 4 atom stereocenters. The lowest BCUT2D eigenvalue weighted by Crippen LogP contribution is -2.40. The van der Waals surface area contributed by atoms with Crippen LogP contribution in [0.1, 0.15) is 26.0 Å². The normalized spacial score (nSPS) is 23.2. The van der Waals surface area contributed by atoms with E-state index in [0.717, 1.165) is 20.8 Å². The fourth-order valence-electron chi connectivity index (χ4n) is 4.22. The van der Waals surface area contributed by atoms with Crippen LogP contribution in [0.2, 0.25) is 0 Å². The van der Waals surface area contributed by atoms with Gasteiger partial charge in [-0.1, -0.05) is 0 Å². The quantitative estimate of drug-likeness (QED) is 0.306. The van der Waals surface area contributed by atoms with Gasteiger partial charge in [0.25, 0.3) is 0 Å². The summed E-state index contributed by atoms with van der Waals surface area (Å²) in [4.78, 5) is 18.1. The summed E-state index contributed by atoms with van der Waals surface area (Å²) >= 11 is 1.51. The Bertz CT molecular complexity index is 1080. The van der Waals surface area contributed by atoms with Gasteiger partial charge in [0.2, 0.25) is 5.95 Å². The molecule has 0 spiro atoms. The molecular formula is C22H30N6O4S. The Morgan fingerprint density at radius 3 is 2.67 bits per heavy atom. The number of ether oxygens (including phenoxy) is 1. The number of methoxy groups -OCH3 is 1. The fourth-order valence-corrected chi connectivity index (χ4v) is 5.25. The van der Waals surface area contributed by atoms with Crippen LogP contribution < -0.4 is 10.6 Å². The van der Waals surface area contributed by atoms with Crippen LogP contribution in [-0.2, 0) is 4.74 Å². The van der Waals surface area contributed by atoms with Gasteiger partial charge in [0.15, 0.2) is 0 Å². The minimum absolute atomic E-state index is 0.379. The van der Waals surface area contributed by atoms with Crippen molar-refractivity contribution in [2.45, 2.75) is 51.0 Å². The molecule has 0 amide bonds. The number of nitrogens with one attached hydrogen (secondary N) is 2. The highest BCUT2D eigenvalue weighted by atomic mass is 32.1. The highest BCUT2D eigenvalue weighted by Gasteiger charge is 2.47. The molecule has 5 N–H and O–H groups in total. The number of aromatic nitrogens is 4. The third-order valence-electron chi connectivity index (χ3n) is 5.99. The van der Waals surface area contributed by atoms with Crippen molar-refractivity contribution in [1.82, 2.24) is 19.9 Å². The van der Waals surface area contributed by atoms with Crippen LogP contribution in [0.3, 0.4) is 0 Å². The molecular weight excluding hydrogens is 444 g/mol. The maximum Gasteiger partial charge on any atom is 0.224 e. The van der Waals surface area contributed by atoms with Gasteiger partial charge in [-0.25, -0.2) is 9.97 Å². The monoisotopic (exact) mass is 474 g/mol. The number of pyridine rings is 1. The molecule has 1 fully saturated rings. The highest BCUT2D eigenvalue weighted by molar-refractivity contribution is 7.21. The number of fused-ring (bicyclic) bond motifs is 1. The van der Waals surface area contributed by atoms with Crippen LogP contribution in [0.5, 0.6) is 0 Å². The van der Waals surface area contributed by atoms with Crippen LogP contribution in [0.25, 0.3) is 20.8 Å². The Balaban J connectivity index is 1.72. The van der Waals surface area contributed by atoms with Crippen molar-refractivity contribution in [2.75, 3.05) is 30.9 Å². The molecule has 0 aromatic carbocycles. The summed E-state index contributed by atoms with van der Waals surface area (Å²) in [6, 6.07) is 1.40. The van der Waals surface area contributed by atoms with Gasteiger partial charge in [-0.15, -0.1) is 11.3 Å². The Kier molecular flexibility index (Phi) is 6.78. The van der Waals surface area contributed by atoms with Gasteiger partial charge < -0.3 is 30.7 Å². The zero-order chi connectivity index (χ0) is 23.8. The summed E-state index contributed by atoms with van der Waals surface area (Å²) in [5.74, 6) is 0.442. The van der Waals surface area contributed by atoms with Crippen LogP contribution in [0, 0.1) is 12.8 Å². The Morgan fingerprint density at radius 2 is 2.00 bits per heavy atom. The van der Waals surface area contributed by atoms with Crippen LogP contribution in [0.15, 0.2) is 18.5 Å². The molecule has 0 unspecified atom stereocenters. The molecule has 3 aromatic heterocycles. The molecule has 1 aliphatic carbocycles. The van der Waals surface area contributed by atoms with Crippen molar-refractivity contribution < 1.29 is 20.1 Å². The van der Waals surface area contributed by atoms with Gasteiger partial charge in [0.05, 0.1) is 46.5 Å². The first-order valence-corrected chi connectivity index (χ1v) is 11.7. The maximum absolute atomic E-state index is 10.7. The second-order valence-electron chi connectivity index (χ2n) is 8.87. The molecule has 0 radical (unpaired) electrons. The van der Waals surface area contributed by atoms with E-state index in [2.05, 4.69) is 25.6 Å². The summed E-state index contributed by atoms with van der Waals surface area (Å²) in [6.45, 7) is 6.20. The summed E-state index contributed by atoms with van der Waals surface area (Å²) < 4.78 is 6.09. The van der Waals surface area contributed by atoms with Crippen molar-refractivity contribution in [1.29, 1.82) is 0 Å². The summed E-state index contributed by atoms with van der Waals surface area (Å²) in [6.07, 6.45) is 1.70. The third kappa shape index (κ3) is 4.92. The second-order valence-corrected chi connectivity index (χ2v) is 9.90. The van der Waals surface area contributed by atoms with E-state index in [9.17, 15) is 15.3 Å². The van der Waals surface area contributed by atoms with Gasteiger partial charge in [-0.3, -0.25) is 4.98 Å². The Morgan fingerprint density at radius 1 is 1.21 bits per heavy atom. The number of nitrogens with zero attached hydrogens (tertiary/aromatic N) is 4. The maximum atomic E-state index is 10.7. The number of aliphatic hydroxyl groups is 3. The molecule has 178 valence electrons. The van der Waals surface area contributed by atoms with E-state index in [-0.39, 0.29) is 0 Å². The predicted octanol–water partition coefficient (Wildman–Crippen LogP) is 1.81. The molecule has 1 saturated carbocycles. The molecule has 1 aliphatic rings. The van der Waals surface area contributed by atoms with E-state index < -0.39 is 29.8 Å². The smallest absolute Gasteiger partial charge is 0.224 e. The number of rotatable bonds is 8. The second kappa shape index (κ2) is 9.43. The van der Waals surface area contributed by atoms with Crippen LogP contribution in [0.4, 0.5) is 11.8 Å². The molecule has 0 saturated heterocycles. The van der Waals surface area contributed by atoms with Gasteiger partial charge >= 0.3 is 0 Å². The zero-order valence-electron chi connectivity index (χ0n) is 19.1. The number of anilines is 2. The van der Waals surface area contributed by atoms with Crippen molar-refractivity contribution in [3.8, 4) is 10.6 Å². The van der Waals surface area contributed by atoms with Crippen molar-refractivity contribution in [2.24, 2.45) is 5.92 Å². The fraction of sp³-hybridized carbons (Fsp3) is 0.545. The molecule has 3 heterocycles. The Labute approximate surface area is 196 Å². The number of hydrogen-bond acceptors (Lipinski definition) is 11. The molecule has 11 heteroatoms. The Hall–Kier alpha value is -2.44. The average Bonchev–Trinajstić information content (AvgIpc) is 3.30. The predicted molar refractivity (Wildman–Crippen MR) is 127 cm³/mol. The van der Waals surface area contributed by atoms with E-state index in [4.69, 9.17) is 9.72 Å². The van der Waals surface area contributed by atoms with Crippen molar-refractivity contribution in [3.05, 3.63) is 24.2 Å². The third-order valence-corrected chi connectivity index (χ3v) is 7.05. The van der Waals surface area contributed by atoms with Crippen LogP contribution in [-0.4, -0.2) is 79.4 Å². The first-order valence-electron chi connectivity index (χ1n) is 10.9. The number of hydrogen-bond donors (Lipinski definition) is 5. The minimum Gasteiger partial charge on any atom is -0.390 e. The molecule has 33 heavy (non-hydrogen) atoms. The number of thiazole rings is 1. The summed E-state index contributed by atoms with van der Waals surface area (Å²) in [5, 5.41) is 38.9. The topological polar surface area (TPSA) is 146 Å². The number of aryl methyl sites for hydroxylation is 1. The summed E-state index contributed by atoms with van der Waals surface area (Å²) in [5.41, 5.74) is 1.09. The van der Waals surface area contributed by atoms with Gasteiger partial charge in [0, 0.05) is 25.8 Å². The van der Waals surface area contributed by atoms with E-state index in [0.29, 0.717) is 37.0 Å². The molecule has 0 aliphatic heterocycles. The zero-order valence-corrected chi connectivity index (χ0v) is 19.9. The largest absolute Gasteiger partial charge is 0.390 e. The van der Waals surface area contributed by atoms with E-state index in [1.54, 1.807) is 33.4 Å².